The summed E-state index contributed by atoms with van der Waals surface area (Å²) in [6, 6.07) is 13.2. The molecule has 2 heterocycles. The minimum atomic E-state index is -0.124. The van der Waals surface area contributed by atoms with Crippen molar-refractivity contribution in [3.8, 4) is 0 Å². The molecule has 0 saturated carbocycles. The van der Waals surface area contributed by atoms with Crippen LogP contribution >= 0.6 is 0 Å². The van der Waals surface area contributed by atoms with E-state index in [0.29, 0.717) is 24.6 Å². The molecule has 0 saturated heterocycles. The van der Waals surface area contributed by atoms with E-state index in [9.17, 15) is 4.79 Å². The lowest BCUT2D eigenvalue weighted by Gasteiger charge is -2.20. The van der Waals surface area contributed by atoms with Gasteiger partial charge in [-0.2, -0.15) is 0 Å². The lowest BCUT2D eigenvalue weighted by atomic mass is 10.2. The summed E-state index contributed by atoms with van der Waals surface area (Å²) < 4.78 is 5.23. The maximum absolute atomic E-state index is 12.6. The number of carbonyl (C=O) groups is 1. The lowest BCUT2D eigenvalue weighted by molar-refractivity contribution is 0.0987. The molecule has 0 bridgehead atoms. The molecular weight excluding hydrogens is 304 g/mol. The highest BCUT2D eigenvalue weighted by Gasteiger charge is 2.16. The van der Waals surface area contributed by atoms with Crippen molar-refractivity contribution in [2.75, 3.05) is 16.8 Å². The van der Waals surface area contributed by atoms with Gasteiger partial charge >= 0.3 is 0 Å². The third-order valence-corrected chi connectivity index (χ3v) is 3.53. The molecule has 6 heteroatoms. The molecular formula is C18H18N4O2. The van der Waals surface area contributed by atoms with Gasteiger partial charge in [-0.05, 0) is 31.2 Å². The van der Waals surface area contributed by atoms with Crippen molar-refractivity contribution >= 4 is 17.5 Å². The van der Waals surface area contributed by atoms with E-state index >= 15 is 0 Å². The second kappa shape index (κ2) is 7.41. The average molecular weight is 322 g/mol. The Hall–Kier alpha value is -3.15. The van der Waals surface area contributed by atoms with Crippen molar-refractivity contribution in [3.05, 3.63) is 72.4 Å². The van der Waals surface area contributed by atoms with Crippen LogP contribution < -0.4 is 10.2 Å². The molecule has 2 aromatic heterocycles. The van der Waals surface area contributed by atoms with Crippen molar-refractivity contribution in [1.82, 2.24) is 9.97 Å². The molecule has 0 radical (unpaired) electrons. The van der Waals surface area contributed by atoms with Gasteiger partial charge in [0.1, 0.15) is 5.76 Å². The van der Waals surface area contributed by atoms with Gasteiger partial charge in [0.05, 0.1) is 18.4 Å². The standard InChI is InChI=1S/C18H18N4O2/c1-2-22(15-7-4-3-5-8-15)17(23)14-11-19-18(20-12-14)21-13-16-9-6-10-24-16/h3-12H,2,13H2,1H3,(H,19,20,21). The van der Waals surface area contributed by atoms with Crippen molar-refractivity contribution in [1.29, 1.82) is 0 Å². The van der Waals surface area contributed by atoms with Crippen LogP contribution in [0.2, 0.25) is 0 Å². The number of hydrogen-bond acceptors (Lipinski definition) is 5. The summed E-state index contributed by atoms with van der Waals surface area (Å²) in [6.45, 7) is 3.00. The number of hydrogen-bond donors (Lipinski definition) is 1. The fourth-order valence-corrected chi connectivity index (χ4v) is 2.32. The van der Waals surface area contributed by atoms with Crippen LogP contribution in [-0.2, 0) is 6.54 Å². The van der Waals surface area contributed by atoms with E-state index < -0.39 is 0 Å². The lowest BCUT2D eigenvalue weighted by Crippen LogP contribution is -2.30. The highest BCUT2D eigenvalue weighted by Crippen LogP contribution is 2.16. The molecule has 3 rings (SSSR count). The second-order valence-electron chi connectivity index (χ2n) is 5.11. The largest absolute Gasteiger partial charge is 0.467 e. The molecule has 1 N–H and O–H groups in total. The topological polar surface area (TPSA) is 71.3 Å². The van der Waals surface area contributed by atoms with E-state index in [4.69, 9.17) is 4.42 Å². The number of nitrogens with zero attached hydrogens (tertiary/aromatic N) is 3. The van der Waals surface area contributed by atoms with Crippen molar-refractivity contribution in [3.63, 3.8) is 0 Å². The molecule has 0 fully saturated rings. The van der Waals surface area contributed by atoms with Gasteiger partial charge in [0.25, 0.3) is 5.91 Å². The number of para-hydroxylation sites is 1. The molecule has 0 aliphatic heterocycles. The van der Waals surface area contributed by atoms with Gasteiger partial charge in [-0.15, -0.1) is 0 Å². The molecule has 122 valence electrons. The minimum absolute atomic E-state index is 0.124. The zero-order chi connectivity index (χ0) is 16.8. The summed E-state index contributed by atoms with van der Waals surface area (Å²) in [4.78, 5) is 22.7. The van der Waals surface area contributed by atoms with Crippen LogP contribution in [0.4, 0.5) is 11.6 Å². The average Bonchev–Trinajstić information content (AvgIpc) is 3.15. The number of aromatic nitrogens is 2. The second-order valence-corrected chi connectivity index (χ2v) is 5.11. The summed E-state index contributed by atoms with van der Waals surface area (Å²) in [7, 11) is 0. The third kappa shape index (κ3) is 3.60. The molecule has 0 unspecified atom stereocenters. The minimum Gasteiger partial charge on any atom is -0.467 e. The molecule has 0 spiro atoms. The van der Waals surface area contributed by atoms with Crippen LogP contribution in [0.5, 0.6) is 0 Å². The number of furan rings is 1. The SMILES string of the molecule is CCN(C(=O)c1cnc(NCc2ccco2)nc1)c1ccccc1. The first kappa shape index (κ1) is 15.7. The summed E-state index contributed by atoms with van der Waals surface area (Å²) in [6.07, 6.45) is 4.68. The van der Waals surface area contributed by atoms with Gasteiger partial charge in [0.15, 0.2) is 0 Å². The van der Waals surface area contributed by atoms with Crippen LogP contribution in [0.1, 0.15) is 23.0 Å². The molecule has 24 heavy (non-hydrogen) atoms. The van der Waals surface area contributed by atoms with Crippen LogP contribution in [0.15, 0.2) is 65.5 Å². The number of amides is 1. The van der Waals surface area contributed by atoms with Gasteiger partial charge in [-0.25, -0.2) is 9.97 Å². The number of carbonyl (C=O) groups excluding carboxylic acids is 1. The molecule has 3 aromatic rings. The summed E-state index contributed by atoms with van der Waals surface area (Å²) in [5.74, 6) is 1.12. The zero-order valence-corrected chi connectivity index (χ0v) is 13.3. The molecule has 1 aromatic carbocycles. The normalized spacial score (nSPS) is 10.4. The van der Waals surface area contributed by atoms with E-state index in [-0.39, 0.29) is 5.91 Å². The first-order chi connectivity index (χ1) is 11.8. The monoisotopic (exact) mass is 322 g/mol. The molecule has 0 atom stereocenters. The van der Waals surface area contributed by atoms with Crippen molar-refractivity contribution in [2.45, 2.75) is 13.5 Å². The van der Waals surface area contributed by atoms with E-state index in [1.54, 1.807) is 11.2 Å². The van der Waals surface area contributed by atoms with Gasteiger partial charge in [-0.1, -0.05) is 18.2 Å². The van der Waals surface area contributed by atoms with Crippen molar-refractivity contribution in [2.24, 2.45) is 0 Å². The molecule has 1 amide bonds. The van der Waals surface area contributed by atoms with Crippen molar-refractivity contribution < 1.29 is 9.21 Å². The maximum Gasteiger partial charge on any atom is 0.261 e. The first-order valence-corrected chi connectivity index (χ1v) is 7.73. The third-order valence-electron chi connectivity index (χ3n) is 3.53. The zero-order valence-electron chi connectivity index (χ0n) is 13.3. The predicted octanol–water partition coefficient (Wildman–Crippen LogP) is 3.35. The van der Waals surface area contributed by atoms with Crippen LogP contribution in [-0.4, -0.2) is 22.4 Å². The quantitative estimate of drug-likeness (QED) is 0.753. The number of anilines is 2. The van der Waals surface area contributed by atoms with Gasteiger partial charge in [0, 0.05) is 24.6 Å². The Morgan fingerprint density at radius 3 is 2.50 bits per heavy atom. The van der Waals surface area contributed by atoms with E-state index in [1.807, 2.05) is 49.4 Å². The highest BCUT2D eigenvalue weighted by atomic mass is 16.3. The highest BCUT2D eigenvalue weighted by molar-refractivity contribution is 6.05. The van der Waals surface area contributed by atoms with Crippen LogP contribution in [0.3, 0.4) is 0 Å². The number of rotatable bonds is 6. The fourth-order valence-electron chi connectivity index (χ4n) is 2.32. The Morgan fingerprint density at radius 1 is 1.12 bits per heavy atom. The van der Waals surface area contributed by atoms with Gasteiger partial charge in [0.2, 0.25) is 5.95 Å². The number of benzene rings is 1. The Kier molecular flexibility index (Phi) is 4.86. The summed E-state index contributed by atoms with van der Waals surface area (Å²) >= 11 is 0. The Morgan fingerprint density at radius 2 is 1.88 bits per heavy atom. The predicted molar refractivity (Wildman–Crippen MR) is 91.9 cm³/mol. The fraction of sp³-hybridized carbons (Fsp3) is 0.167. The van der Waals surface area contributed by atoms with Gasteiger partial charge in [-0.3, -0.25) is 4.79 Å². The van der Waals surface area contributed by atoms with Crippen LogP contribution in [0, 0.1) is 0 Å². The Balaban J connectivity index is 1.69. The summed E-state index contributed by atoms with van der Waals surface area (Å²) in [5.41, 5.74) is 1.30. The smallest absolute Gasteiger partial charge is 0.261 e. The number of nitrogens with one attached hydrogen (secondary N) is 1. The molecule has 0 aliphatic carbocycles. The first-order valence-electron chi connectivity index (χ1n) is 7.73. The van der Waals surface area contributed by atoms with Crippen LogP contribution in [0.25, 0.3) is 0 Å². The Labute approximate surface area is 140 Å². The van der Waals surface area contributed by atoms with Gasteiger partial charge < -0.3 is 14.6 Å². The summed E-state index contributed by atoms with van der Waals surface area (Å²) in [5, 5.41) is 3.05. The van der Waals surface area contributed by atoms with E-state index in [1.165, 1.54) is 12.4 Å². The van der Waals surface area contributed by atoms with E-state index in [2.05, 4.69) is 15.3 Å². The molecule has 6 nitrogen and oxygen atoms in total. The maximum atomic E-state index is 12.6. The Bertz CT molecular complexity index is 771. The molecule has 0 aliphatic rings. The van der Waals surface area contributed by atoms with E-state index in [0.717, 1.165) is 11.4 Å².